The average Bonchev–Trinajstić information content (AvgIpc) is 3.25. The van der Waals surface area contributed by atoms with Gasteiger partial charge in [0, 0.05) is 48.0 Å². The summed E-state index contributed by atoms with van der Waals surface area (Å²) in [7, 11) is 1.84. The van der Waals surface area contributed by atoms with Crippen LogP contribution in [0.25, 0.3) is 22.3 Å². The minimum atomic E-state index is -0.0794. The molecule has 32 heavy (non-hydrogen) atoms. The molecule has 0 saturated carbocycles. The summed E-state index contributed by atoms with van der Waals surface area (Å²) in [4.78, 5) is 33.1. The standard InChI is InChI=1S/C27H27N3O2/c1-5-22-23-12-18(7-9-25(23)29(4)27(22)32)21-11-20(14-28-15-21)17-6-8-24-19(10-17)13-26(31)30(24)16(2)3/h6-12,14-16,22H,5,13H2,1-4H3. The highest BCUT2D eigenvalue weighted by atomic mass is 16.2. The summed E-state index contributed by atoms with van der Waals surface area (Å²) in [6.07, 6.45) is 4.96. The number of carbonyl (C=O) groups is 2. The topological polar surface area (TPSA) is 53.5 Å². The summed E-state index contributed by atoms with van der Waals surface area (Å²) in [6, 6.07) is 14.7. The average molecular weight is 426 g/mol. The lowest BCUT2D eigenvalue weighted by atomic mass is 9.94. The minimum Gasteiger partial charge on any atom is -0.315 e. The zero-order valence-electron chi connectivity index (χ0n) is 18.9. The number of aromatic nitrogens is 1. The first kappa shape index (κ1) is 20.4. The highest BCUT2D eigenvalue weighted by Gasteiger charge is 2.34. The number of likely N-dealkylation sites (N-methyl/N-ethyl adjacent to an activating group) is 1. The van der Waals surface area contributed by atoms with Crippen LogP contribution in [0.2, 0.25) is 0 Å². The number of hydrogen-bond donors (Lipinski definition) is 0. The number of fused-ring (bicyclic) bond motifs is 2. The minimum absolute atomic E-state index is 0.0794. The van der Waals surface area contributed by atoms with Crippen molar-refractivity contribution in [2.45, 2.75) is 45.6 Å². The number of hydrogen-bond acceptors (Lipinski definition) is 3. The number of anilines is 2. The van der Waals surface area contributed by atoms with E-state index in [1.54, 1.807) is 4.90 Å². The van der Waals surface area contributed by atoms with Crippen LogP contribution < -0.4 is 9.80 Å². The van der Waals surface area contributed by atoms with Crippen molar-refractivity contribution in [1.82, 2.24) is 4.98 Å². The van der Waals surface area contributed by atoms with Crippen molar-refractivity contribution in [3.63, 3.8) is 0 Å². The van der Waals surface area contributed by atoms with Crippen LogP contribution in [-0.4, -0.2) is 29.9 Å². The van der Waals surface area contributed by atoms with E-state index in [2.05, 4.69) is 42.2 Å². The predicted octanol–water partition coefficient (Wildman–Crippen LogP) is 5.18. The van der Waals surface area contributed by atoms with Crippen molar-refractivity contribution in [3.8, 4) is 22.3 Å². The molecule has 5 heteroatoms. The van der Waals surface area contributed by atoms with E-state index in [1.165, 1.54) is 0 Å². The van der Waals surface area contributed by atoms with Crippen molar-refractivity contribution in [2.75, 3.05) is 16.8 Å². The van der Waals surface area contributed by atoms with Crippen LogP contribution in [0.15, 0.2) is 54.9 Å². The van der Waals surface area contributed by atoms with Gasteiger partial charge in [0.15, 0.2) is 0 Å². The first-order valence-electron chi connectivity index (χ1n) is 11.2. The summed E-state index contributed by atoms with van der Waals surface area (Å²) in [6.45, 7) is 6.14. The summed E-state index contributed by atoms with van der Waals surface area (Å²) in [5, 5.41) is 0. The molecule has 0 saturated heterocycles. The van der Waals surface area contributed by atoms with E-state index in [1.807, 2.05) is 50.3 Å². The van der Waals surface area contributed by atoms with E-state index in [0.29, 0.717) is 6.42 Å². The molecular formula is C27H27N3O2. The van der Waals surface area contributed by atoms with Crippen molar-refractivity contribution < 1.29 is 9.59 Å². The van der Waals surface area contributed by atoms with E-state index >= 15 is 0 Å². The highest BCUT2D eigenvalue weighted by Crippen LogP contribution is 2.41. The molecule has 2 aliphatic heterocycles. The molecule has 3 aromatic rings. The summed E-state index contributed by atoms with van der Waals surface area (Å²) in [5.41, 5.74) is 8.30. The molecule has 0 fully saturated rings. The molecule has 2 amide bonds. The number of carbonyl (C=O) groups excluding carboxylic acids is 2. The summed E-state index contributed by atoms with van der Waals surface area (Å²) in [5.74, 6) is 0.237. The van der Waals surface area contributed by atoms with Gasteiger partial charge in [0.2, 0.25) is 11.8 Å². The van der Waals surface area contributed by atoms with Gasteiger partial charge in [-0.2, -0.15) is 0 Å². The Hall–Kier alpha value is -3.47. The first-order chi connectivity index (χ1) is 15.4. The Labute approximate surface area is 188 Å². The van der Waals surface area contributed by atoms with Gasteiger partial charge in [-0.05, 0) is 72.9 Å². The van der Waals surface area contributed by atoms with Gasteiger partial charge in [0.25, 0.3) is 0 Å². The fourth-order valence-electron chi connectivity index (χ4n) is 5.04. The Morgan fingerprint density at radius 2 is 1.59 bits per heavy atom. The van der Waals surface area contributed by atoms with Gasteiger partial charge in [-0.3, -0.25) is 14.6 Å². The van der Waals surface area contributed by atoms with Crippen LogP contribution in [0, 0.1) is 0 Å². The van der Waals surface area contributed by atoms with Crippen LogP contribution in [0.4, 0.5) is 11.4 Å². The third kappa shape index (κ3) is 3.11. The van der Waals surface area contributed by atoms with Gasteiger partial charge < -0.3 is 9.80 Å². The zero-order chi connectivity index (χ0) is 22.6. The zero-order valence-corrected chi connectivity index (χ0v) is 18.9. The van der Waals surface area contributed by atoms with Gasteiger partial charge in [-0.15, -0.1) is 0 Å². The molecule has 1 aromatic heterocycles. The van der Waals surface area contributed by atoms with Crippen molar-refractivity contribution in [3.05, 3.63) is 66.0 Å². The highest BCUT2D eigenvalue weighted by molar-refractivity contribution is 6.05. The molecule has 2 aromatic carbocycles. The number of amides is 2. The van der Waals surface area contributed by atoms with E-state index in [0.717, 1.165) is 51.2 Å². The van der Waals surface area contributed by atoms with Crippen LogP contribution in [-0.2, 0) is 16.0 Å². The fraction of sp³-hybridized carbons (Fsp3) is 0.296. The van der Waals surface area contributed by atoms with E-state index in [9.17, 15) is 9.59 Å². The SMILES string of the molecule is CCC1C(=O)N(C)c2ccc(-c3cncc(-c4ccc5c(c4)CC(=O)N5C(C)C)c3)cc21. The van der Waals surface area contributed by atoms with Crippen LogP contribution >= 0.6 is 0 Å². The molecule has 162 valence electrons. The van der Waals surface area contributed by atoms with Gasteiger partial charge in [-0.25, -0.2) is 0 Å². The third-order valence-corrected chi connectivity index (χ3v) is 6.67. The van der Waals surface area contributed by atoms with Gasteiger partial charge >= 0.3 is 0 Å². The van der Waals surface area contributed by atoms with Gasteiger partial charge in [0.1, 0.15) is 0 Å². The largest absolute Gasteiger partial charge is 0.315 e. The van der Waals surface area contributed by atoms with E-state index < -0.39 is 0 Å². The van der Waals surface area contributed by atoms with E-state index in [4.69, 9.17) is 0 Å². The lowest BCUT2D eigenvalue weighted by molar-refractivity contribution is -0.119. The lowest BCUT2D eigenvalue weighted by Gasteiger charge is -2.22. The molecule has 5 nitrogen and oxygen atoms in total. The van der Waals surface area contributed by atoms with Crippen LogP contribution in [0.1, 0.15) is 44.2 Å². The smallest absolute Gasteiger partial charge is 0.234 e. The molecule has 5 rings (SSSR count). The quantitative estimate of drug-likeness (QED) is 0.579. The molecule has 2 aliphatic rings. The summed E-state index contributed by atoms with van der Waals surface area (Å²) < 4.78 is 0. The van der Waals surface area contributed by atoms with Crippen molar-refractivity contribution in [1.29, 1.82) is 0 Å². The normalized spacial score (nSPS) is 17.3. The maximum absolute atomic E-state index is 12.5. The Balaban J connectivity index is 1.51. The number of benzene rings is 2. The maximum Gasteiger partial charge on any atom is 0.234 e. The molecule has 0 spiro atoms. The summed E-state index contributed by atoms with van der Waals surface area (Å²) >= 11 is 0. The molecule has 0 N–H and O–H groups in total. The molecule has 0 aliphatic carbocycles. The van der Waals surface area contributed by atoms with Crippen LogP contribution in [0.3, 0.4) is 0 Å². The second-order valence-corrected chi connectivity index (χ2v) is 8.97. The second-order valence-electron chi connectivity index (χ2n) is 8.97. The Kier molecular flexibility index (Phi) is 4.85. The Morgan fingerprint density at radius 1 is 0.938 bits per heavy atom. The molecule has 1 unspecified atom stereocenters. The third-order valence-electron chi connectivity index (χ3n) is 6.67. The Bertz CT molecular complexity index is 1250. The number of pyridine rings is 1. The maximum atomic E-state index is 12.5. The monoisotopic (exact) mass is 425 g/mol. The molecule has 3 heterocycles. The van der Waals surface area contributed by atoms with Gasteiger partial charge in [-0.1, -0.05) is 19.1 Å². The van der Waals surface area contributed by atoms with Crippen LogP contribution in [0.5, 0.6) is 0 Å². The molecule has 0 bridgehead atoms. The lowest BCUT2D eigenvalue weighted by Crippen LogP contribution is -2.33. The fourth-order valence-corrected chi connectivity index (χ4v) is 5.04. The number of nitrogens with zero attached hydrogens (tertiary/aromatic N) is 3. The molecular weight excluding hydrogens is 398 g/mol. The molecule has 0 radical (unpaired) electrons. The molecule has 1 atom stereocenters. The van der Waals surface area contributed by atoms with E-state index in [-0.39, 0.29) is 23.8 Å². The first-order valence-corrected chi connectivity index (χ1v) is 11.2. The predicted molar refractivity (Wildman–Crippen MR) is 128 cm³/mol. The Morgan fingerprint density at radius 3 is 2.25 bits per heavy atom. The number of rotatable bonds is 4. The van der Waals surface area contributed by atoms with Gasteiger partial charge in [0.05, 0.1) is 12.3 Å². The van der Waals surface area contributed by atoms with Crippen molar-refractivity contribution in [2.24, 2.45) is 0 Å². The van der Waals surface area contributed by atoms with Crippen molar-refractivity contribution >= 4 is 23.2 Å². The second kappa shape index (κ2) is 7.59.